The summed E-state index contributed by atoms with van der Waals surface area (Å²) in [5, 5.41) is -0.0724. The van der Waals surface area contributed by atoms with E-state index in [4.69, 9.17) is 24.7 Å². The van der Waals surface area contributed by atoms with Crippen LogP contribution in [0.1, 0.15) is 21.5 Å². The van der Waals surface area contributed by atoms with Gasteiger partial charge in [-0.3, -0.25) is 9.78 Å². The molecule has 42 heavy (non-hydrogen) atoms. The first-order valence-corrected chi connectivity index (χ1v) is 14.6. The van der Waals surface area contributed by atoms with Crippen LogP contribution < -0.4 is 24.7 Å². The van der Waals surface area contributed by atoms with E-state index < -0.39 is 15.9 Å². The molecule has 0 saturated carbocycles. The van der Waals surface area contributed by atoms with Gasteiger partial charge in [0.15, 0.2) is 5.03 Å². The number of amides is 1. The lowest BCUT2D eigenvalue weighted by Gasteiger charge is -2.24. The lowest BCUT2D eigenvalue weighted by atomic mass is 10.1. The van der Waals surface area contributed by atoms with Gasteiger partial charge in [0.2, 0.25) is 5.91 Å². The number of nitrogens with zero attached hydrogens (tertiary/aromatic N) is 3. The summed E-state index contributed by atoms with van der Waals surface area (Å²) >= 11 is 3.32. The summed E-state index contributed by atoms with van der Waals surface area (Å²) < 4.78 is 50.7. The van der Waals surface area contributed by atoms with Crippen molar-refractivity contribution in [3.63, 3.8) is 0 Å². The van der Waals surface area contributed by atoms with Gasteiger partial charge in [-0.1, -0.05) is 28.1 Å². The zero-order valence-electron chi connectivity index (χ0n) is 23.5. The number of ether oxygens (including phenoxy) is 4. The number of hydrogen-bond donors (Lipinski definition) is 1. The number of benzene rings is 2. The number of aromatic nitrogens is 2. The Morgan fingerprint density at radius 3 is 1.81 bits per heavy atom. The summed E-state index contributed by atoms with van der Waals surface area (Å²) in [6.45, 7) is 0.0811. The maximum absolute atomic E-state index is 13.7. The second-order valence-corrected chi connectivity index (χ2v) is 11.3. The largest absolute Gasteiger partial charge is 0.497 e. The van der Waals surface area contributed by atoms with Gasteiger partial charge in [0.05, 0.1) is 34.0 Å². The fraction of sp³-hybridized carbons (Fsp3) is 0.207. The molecule has 4 rings (SSSR count). The molecular formula is C29H31BrN4O7S. The molecule has 0 atom stereocenters. The Morgan fingerprint density at radius 2 is 1.40 bits per heavy atom. The van der Waals surface area contributed by atoms with Gasteiger partial charge in [0, 0.05) is 59.4 Å². The Balaban J connectivity index is 0.000000458. The highest BCUT2D eigenvalue weighted by atomic mass is 79.9. The molecule has 0 bridgehead atoms. The Labute approximate surface area is 253 Å². The fourth-order valence-corrected chi connectivity index (χ4v) is 5.58. The lowest BCUT2D eigenvalue weighted by Crippen LogP contribution is -2.31. The first-order chi connectivity index (χ1) is 20.1. The van der Waals surface area contributed by atoms with E-state index in [2.05, 4.69) is 25.9 Å². The zero-order valence-corrected chi connectivity index (χ0v) is 25.9. The summed E-state index contributed by atoms with van der Waals surface area (Å²) in [5.41, 5.74) is 6.72. The van der Waals surface area contributed by atoms with E-state index in [1.165, 1.54) is 37.0 Å². The van der Waals surface area contributed by atoms with Crippen LogP contribution in [0.4, 0.5) is 0 Å². The van der Waals surface area contributed by atoms with Crippen molar-refractivity contribution in [2.45, 2.75) is 18.1 Å². The van der Waals surface area contributed by atoms with Crippen molar-refractivity contribution in [1.29, 1.82) is 0 Å². The second-order valence-electron chi connectivity index (χ2n) is 8.55. The number of primary amides is 1. The van der Waals surface area contributed by atoms with Crippen LogP contribution >= 0.6 is 15.9 Å². The molecule has 0 saturated heterocycles. The Kier molecular flexibility index (Phi) is 11.7. The molecule has 1 amide bonds. The predicted octanol–water partition coefficient (Wildman–Crippen LogP) is 4.45. The molecule has 0 aliphatic carbocycles. The van der Waals surface area contributed by atoms with Crippen LogP contribution in [0, 0.1) is 0 Å². The molecule has 0 radical (unpaired) electrons. The van der Waals surface area contributed by atoms with E-state index in [1.807, 2.05) is 0 Å². The van der Waals surface area contributed by atoms with Crippen molar-refractivity contribution in [3.05, 3.63) is 100 Å². The maximum atomic E-state index is 13.7. The first kappa shape index (κ1) is 32.3. The van der Waals surface area contributed by atoms with Gasteiger partial charge in [0.1, 0.15) is 23.0 Å². The van der Waals surface area contributed by atoms with Crippen molar-refractivity contribution < 1.29 is 32.2 Å². The normalized spacial score (nSPS) is 10.8. The first-order valence-electron chi connectivity index (χ1n) is 12.4. The average molecular weight is 660 g/mol. The Bertz CT molecular complexity index is 1550. The molecule has 0 fully saturated rings. The minimum atomic E-state index is -3.98. The van der Waals surface area contributed by atoms with Gasteiger partial charge < -0.3 is 24.7 Å². The van der Waals surface area contributed by atoms with Gasteiger partial charge in [-0.05, 0) is 36.4 Å². The topological polar surface area (TPSA) is 143 Å². The van der Waals surface area contributed by atoms with Crippen molar-refractivity contribution >= 4 is 31.9 Å². The van der Waals surface area contributed by atoms with E-state index in [0.717, 1.165) is 0 Å². The molecule has 2 aromatic heterocycles. The molecule has 0 spiro atoms. The number of carbonyl (C=O) groups is 1. The number of carbonyl (C=O) groups excluding carboxylic acids is 1. The van der Waals surface area contributed by atoms with Gasteiger partial charge in [-0.25, -0.2) is 13.4 Å². The van der Waals surface area contributed by atoms with Gasteiger partial charge in [-0.2, -0.15) is 4.31 Å². The molecule has 13 heteroatoms. The fourth-order valence-electron chi connectivity index (χ4n) is 3.74. The molecule has 4 aromatic rings. The summed E-state index contributed by atoms with van der Waals surface area (Å²) in [6, 6.07) is 16.9. The Morgan fingerprint density at radius 1 is 0.833 bits per heavy atom. The summed E-state index contributed by atoms with van der Waals surface area (Å²) in [6.07, 6.45) is 4.46. The molecule has 2 aromatic carbocycles. The molecule has 2 heterocycles. The molecule has 11 nitrogen and oxygen atoms in total. The van der Waals surface area contributed by atoms with E-state index in [1.54, 1.807) is 75.0 Å². The predicted molar refractivity (Wildman–Crippen MR) is 160 cm³/mol. The molecule has 0 unspecified atom stereocenters. The number of pyridine rings is 2. The molecule has 0 aliphatic rings. The number of halogens is 1. The Hall–Kier alpha value is -4.20. The van der Waals surface area contributed by atoms with Crippen LogP contribution in [0.5, 0.6) is 23.0 Å². The highest BCUT2D eigenvalue weighted by molar-refractivity contribution is 9.10. The smallest absolute Gasteiger partial charge is 0.261 e. The van der Waals surface area contributed by atoms with Gasteiger partial charge >= 0.3 is 0 Å². The summed E-state index contributed by atoms with van der Waals surface area (Å²) in [5.74, 6) is 1.80. The lowest BCUT2D eigenvalue weighted by molar-refractivity contribution is 0.1000. The van der Waals surface area contributed by atoms with Crippen LogP contribution in [0.2, 0.25) is 0 Å². The highest BCUT2D eigenvalue weighted by Gasteiger charge is 2.28. The SMILES string of the molecule is COc1ccc(CN(Cc2ccc(OC)cc2OC)S(=O)(=O)c2cc(Br)ccn2)c(OC)c1.NC(=O)c1cccnc1. The number of hydrogen-bond acceptors (Lipinski definition) is 9. The van der Waals surface area contributed by atoms with Gasteiger partial charge in [-0.15, -0.1) is 0 Å². The maximum Gasteiger partial charge on any atom is 0.261 e. The minimum absolute atomic E-state index is 0.0406. The third-order valence-corrected chi connectivity index (χ3v) is 8.11. The van der Waals surface area contributed by atoms with Crippen LogP contribution in [0.25, 0.3) is 0 Å². The third kappa shape index (κ3) is 8.41. The summed E-state index contributed by atoms with van der Waals surface area (Å²) in [4.78, 5) is 18.2. The van der Waals surface area contributed by atoms with Crippen LogP contribution in [-0.4, -0.2) is 57.0 Å². The average Bonchev–Trinajstić information content (AvgIpc) is 3.01. The number of methoxy groups -OCH3 is 4. The van der Waals surface area contributed by atoms with Crippen molar-refractivity contribution in [2.24, 2.45) is 5.73 Å². The molecule has 222 valence electrons. The van der Waals surface area contributed by atoms with Gasteiger partial charge in [0.25, 0.3) is 10.0 Å². The second kappa shape index (κ2) is 15.1. The van der Waals surface area contributed by atoms with Crippen LogP contribution in [-0.2, 0) is 23.1 Å². The van der Waals surface area contributed by atoms with E-state index >= 15 is 0 Å². The number of sulfonamides is 1. The number of rotatable bonds is 11. The van der Waals surface area contributed by atoms with Crippen molar-refractivity contribution in [3.8, 4) is 23.0 Å². The monoisotopic (exact) mass is 658 g/mol. The molecule has 0 aliphatic heterocycles. The van der Waals surface area contributed by atoms with Crippen LogP contribution in [0.3, 0.4) is 0 Å². The zero-order chi connectivity index (χ0) is 30.7. The summed E-state index contributed by atoms with van der Waals surface area (Å²) in [7, 11) is 2.18. The van der Waals surface area contributed by atoms with Crippen LogP contribution in [0.15, 0.2) is 88.8 Å². The van der Waals surface area contributed by atoms with Crippen molar-refractivity contribution in [2.75, 3.05) is 28.4 Å². The quantitative estimate of drug-likeness (QED) is 0.247. The van der Waals surface area contributed by atoms with E-state index in [9.17, 15) is 13.2 Å². The number of nitrogens with two attached hydrogens (primary N) is 1. The highest BCUT2D eigenvalue weighted by Crippen LogP contribution is 2.31. The molecule has 2 N–H and O–H groups in total. The third-order valence-electron chi connectivity index (χ3n) is 5.93. The standard InChI is InChI=1S/C23H25BrN2O6S.C6H6N2O/c1-29-19-7-5-16(21(12-19)31-3)14-26(33(27,28)23-11-18(24)9-10-25-23)15-17-6-8-20(30-2)13-22(17)32-4;7-6(9)5-2-1-3-8-4-5/h5-13H,14-15H2,1-4H3;1-4H,(H2,7,9). The van der Waals surface area contributed by atoms with Crippen molar-refractivity contribution in [1.82, 2.24) is 14.3 Å². The van der Waals surface area contributed by atoms with E-state index in [-0.39, 0.29) is 18.1 Å². The minimum Gasteiger partial charge on any atom is -0.497 e. The van der Waals surface area contributed by atoms with E-state index in [0.29, 0.717) is 44.2 Å². The molecular weight excluding hydrogens is 628 g/mol.